The van der Waals surface area contributed by atoms with Crippen LogP contribution in [-0.2, 0) is 0 Å². The van der Waals surface area contributed by atoms with E-state index in [1.54, 1.807) is 0 Å². The van der Waals surface area contributed by atoms with E-state index in [0.29, 0.717) is 6.04 Å². The first kappa shape index (κ1) is 8.28. The molecule has 0 amide bonds. The molecule has 0 fully saturated rings. The van der Waals surface area contributed by atoms with Crippen LogP contribution in [0.2, 0.25) is 0 Å². The smallest absolute Gasteiger partial charge is 0.0289 e. The quantitative estimate of drug-likeness (QED) is 0.680. The first-order valence-corrected chi connectivity index (χ1v) is 3.98. The van der Waals surface area contributed by atoms with Crippen molar-refractivity contribution >= 4 is 0 Å². The van der Waals surface area contributed by atoms with Crippen LogP contribution in [0.5, 0.6) is 0 Å². The summed E-state index contributed by atoms with van der Waals surface area (Å²) in [5, 5.41) is 3.20. The molecule has 1 nitrogen and oxygen atoms in total. The lowest BCUT2D eigenvalue weighted by atomic mass is 10.1. The number of rotatable bonds is 2. The maximum Gasteiger partial charge on any atom is 0.0289 e. The van der Waals surface area contributed by atoms with Crippen molar-refractivity contribution in [3.8, 4) is 0 Å². The molecule has 0 radical (unpaired) electrons. The van der Waals surface area contributed by atoms with Gasteiger partial charge in [0.05, 0.1) is 0 Å². The Labute approximate surface area is 68.4 Å². The highest BCUT2D eigenvalue weighted by atomic mass is 14.8. The second kappa shape index (κ2) is 3.54. The molecule has 0 bridgehead atoms. The van der Waals surface area contributed by atoms with Crippen molar-refractivity contribution in [3.05, 3.63) is 35.4 Å². The van der Waals surface area contributed by atoms with Crippen molar-refractivity contribution in [2.75, 3.05) is 7.05 Å². The van der Waals surface area contributed by atoms with E-state index in [0.717, 1.165) is 0 Å². The van der Waals surface area contributed by atoms with E-state index in [-0.39, 0.29) is 0 Å². The summed E-state index contributed by atoms with van der Waals surface area (Å²) in [6.45, 7) is 4.26. The first-order valence-electron chi connectivity index (χ1n) is 3.98. The Morgan fingerprint density at radius 2 is 1.73 bits per heavy atom. The second-order valence-corrected chi connectivity index (χ2v) is 2.92. The molecule has 0 aliphatic rings. The van der Waals surface area contributed by atoms with Gasteiger partial charge in [0, 0.05) is 6.04 Å². The lowest BCUT2D eigenvalue weighted by Gasteiger charge is -2.09. The van der Waals surface area contributed by atoms with Crippen LogP contribution in [0.25, 0.3) is 0 Å². The molecular formula is C10H15N. The first-order chi connectivity index (χ1) is 5.24. The minimum atomic E-state index is 0.454. The van der Waals surface area contributed by atoms with Gasteiger partial charge in [-0.2, -0.15) is 0 Å². The summed E-state index contributed by atoms with van der Waals surface area (Å²) < 4.78 is 0. The summed E-state index contributed by atoms with van der Waals surface area (Å²) in [4.78, 5) is 0. The molecule has 0 aromatic heterocycles. The molecule has 1 atom stereocenters. The van der Waals surface area contributed by atoms with Gasteiger partial charge in [-0.05, 0) is 26.5 Å². The molecular weight excluding hydrogens is 134 g/mol. The van der Waals surface area contributed by atoms with Gasteiger partial charge >= 0.3 is 0 Å². The standard InChI is InChI=1S/C10H15N/c1-8-4-6-10(7-5-8)9(2)11-3/h4-7,9,11H,1-3H3/t9-/m0/s1. The fraction of sp³-hybridized carbons (Fsp3) is 0.400. The predicted octanol–water partition coefficient (Wildman–Crippen LogP) is 2.28. The largest absolute Gasteiger partial charge is 0.313 e. The third-order valence-electron chi connectivity index (χ3n) is 2.01. The maximum atomic E-state index is 3.20. The van der Waals surface area contributed by atoms with E-state index < -0.39 is 0 Å². The number of nitrogens with one attached hydrogen (secondary N) is 1. The summed E-state index contributed by atoms with van der Waals surface area (Å²) in [6.07, 6.45) is 0. The van der Waals surface area contributed by atoms with Crippen LogP contribution >= 0.6 is 0 Å². The highest BCUT2D eigenvalue weighted by molar-refractivity contribution is 5.23. The molecule has 1 rings (SSSR count). The number of benzene rings is 1. The molecule has 1 aromatic rings. The van der Waals surface area contributed by atoms with E-state index in [1.807, 2.05) is 7.05 Å². The van der Waals surface area contributed by atoms with Crippen LogP contribution in [-0.4, -0.2) is 7.05 Å². The Balaban J connectivity index is 2.81. The number of aryl methyl sites for hydroxylation is 1. The number of hydrogen-bond donors (Lipinski definition) is 1. The van der Waals surface area contributed by atoms with Crippen LogP contribution < -0.4 is 5.32 Å². The lowest BCUT2D eigenvalue weighted by Crippen LogP contribution is -2.11. The van der Waals surface area contributed by atoms with Gasteiger partial charge in [0.2, 0.25) is 0 Å². The average molecular weight is 149 g/mol. The predicted molar refractivity (Wildman–Crippen MR) is 48.7 cm³/mol. The van der Waals surface area contributed by atoms with Crippen molar-refractivity contribution < 1.29 is 0 Å². The Bertz CT molecular complexity index is 213. The van der Waals surface area contributed by atoms with E-state index in [1.165, 1.54) is 11.1 Å². The summed E-state index contributed by atoms with van der Waals surface area (Å²) in [5.74, 6) is 0. The van der Waals surface area contributed by atoms with Gasteiger partial charge in [0.1, 0.15) is 0 Å². The van der Waals surface area contributed by atoms with Crippen LogP contribution in [0.4, 0.5) is 0 Å². The Morgan fingerprint density at radius 1 is 1.18 bits per heavy atom. The van der Waals surface area contributed by atoms with E-state index in [4.69, 9.17) is 0 Å². The van der Waals surface area contributed by atoms with Gasteiger partial charge in [0.15, 0.2) is 0 Å². The number of hydrogen-bond acceptors (Lipinski definition) is 1. The highest BCUT2D eigenvalue weighted by Gasteiger charge is 1.99. The van der Waals surface area contributed by atoms with Crippen LogP contribution in [0.1, 0.15) is 24.1 Å². The maximum absolute atomic E-state index is 3.20. The van der Waals surface area contributed by atoms with Crippen LogP contribution in [0.3, 0.4) is 0 Å². The van der Waals surface area contributed by atoms with Gasteiger partial charge < -0.3 is 5.32 Å². The van der Waals surface area contributed by atoms with Crippen molar-refractivity contribution in [3.63, 3.8) is 0 Å². The SMILES string of the molecule is CN[C@@H](C)c1ccc(C)cc1. The molecule has 0 saturated heterocycles. The summed E-state index contributed by atoms with van der Waals surface area (Å²) >= 11 is 0. The molecule has 0 heterocycles. The molecule has 0 saturated carbocycles. The minimum Gasteiger partial charge on any atom is -0.313 e. The zero-order valence-electron chi connectivity index (χ0n) is 7.39. The Kier molecular flexibility index (Phi) is 2.66. The van der Waals surface area contributed by atoms with Gasteiger partial charge in [-0.15, -0.1) is 0 Å². The van der Waals surface area contributed by atoms with Gasteiger partial charge in [0.25, 0.3) is 0 Å². The third-order valence-corrected chi connectivity index (χ3v) is 2.01. The topological polar surface area (TPSA) is 12.0 Å². The average Bonchev–Trinajstić information content (AvgIpc) is 2.05. The van der Waals surface area contributed by atoms with E-state index >= 15 is 0 Å². The van der Waals surface area contributed by atoms with Crippen molar-refractivity contribution in [1.82, 2.24) is 5.32 Å². The zero-order chi connectivity index (χ0) is 8.27. The van der Waals surface area contributed by atoms with Gasteiger partial charge in [-0.25, -0.2) is 0 Å². The van der Waals surface area contributed by atoms with Gasteiger partial charge in [-0.3, -0.25) is 0 Å². The molecule has 60 valence electrons. The van der Waals surface area contributed by atoms with Crippen LogP contribution in [0, 0.1) is 6.92 Å². The third kappa shape index (κ3) is 2.05. The Hall–Kier alpha value is -0.820. The zero-order valence-corrected chi connectivity index (χ0v) is 7.39. The molecule has 0 aliphatic carbocycles. The summed E-state index contributed by atoms with van der Waals surface area (Å²) in [6, 6.07) is 9.06. The minimum absolute atomic E-state index is 0.454. The molecule has 1 heteroatoms. The second-order valence-electron chi connectivity index (χ2n) is 2.92. The molecule has 11 heavy (non-hydrogen) atoms. The summed E-state index contributed by atoms with van der Waals surface area (Å²) in [5.41, 5.74) is 2.66. The molecule has 1 N–H and O–H groups in total. The molecule has 0 unspecified atom stereocenters. The molecule has 1 aromatic carbocycles. The monoisotopic (exact) mass is 149 g/mol. The van der Waals surface area contributed by atoms with Gasteiger partial charge in [-0.1, -0.05) is 29.8 Å². The van der Waals surface area contributed by atoms with E-state index in [9.17, 15) is 0 Å². The fourth-order valence-corrected chi connectivity index (χ4v) is 1.02. The van der Waals surface area contributed by atoms with E-state index in [2.05, 4.69) is 43.4 Å². The van der Waals surface area contributed by atoms with Crippen molar-refractivity contribution in [1.29, 1.82) is 0 Å². The lowest BCUT2D eigenvalue weighted by molar-refractivity contribution is 0.652. The molecule has 0 spiro atoms. The normalized spacial score (nSPS) is 13.0. The fourth-order valence-electron chi connectivity index (χ4n) is 1.02. The molecule has 0 aliphatic heterocycles. The highest BCUT2D eigenvalue weighted by Crippen LogP contribution is 2.11. The Morgan fingerprint density at radius 3 is 2.18 bits per heavy atom. The van der Waals surface area contributed by atoms with Crippen molar-refractivity contribution in [2.24, 2.45) is 0 Å². The van der Waals surface area contributed by atoms with Crippen LogP contribution in [0.15, 0.2) is 24.3 Å². The summed E-state index contributed by atoms with van der Waals surface area (Å²) in [7, 11) is 1.98. The van der Waals surface area contributed by atoms with Crippen molar-refractivity contribution in [2.45, 2.75) is 19.9 Å².